The van der Waals surface area contributed by atoms with Crippen LogP contribution in [0.2, 0.25) is 0 Å². The van der Waals surface area contributed by atoms with Gasteiger partial charge in [0.05, 0.1) is 29.8 Å². The van der Waals surface area contributed by atoms with E-state index in [1.54, 1.807) is 60.8 Å². The van der Waals surface area contributed by atoms with E-state index in [0.717, 1.165) is 0 Å². The third-order valence-electron chi connectivity index (χ3n) is 5.24. The molecule has 0 bridgehead atoms. The molecule has 2 amide bonds. The summed E-state index contributed by atoms with van der Waals surface area (Å²) < 4.78 is 7.18. The fraction of sp³-hybridized carbons (Fsp3) is 0.231. The molecule has 0 radical (unpaired) electrons. The molecule has 0 saturated heterocycles. The number of benzene rings is 2. The number of aromatic nitrogens is 1. The molecule has 7 heteroatoms. The van der Waals surface area contributed by atoms with Gasteiger partial charge >= 0.3 is 0 Å². The molecule has 1 aromatic heterocycles. The number of ether oxygens (including phenoxy) is 1. The van der Waals surface area contributed by atoms with E-state index in [-0.39, 0.29) is 30.3 Å². The smallest absolute Gasteiger partial charge is 0.267 e. The van der Waals surface area contributed by atoms with Crippen LogP contribution in [-0.2, 0) is 6.54 Å². The van der Waals surface area contributed by atoms with Crippen LogP contribution in [0.4, 0.5) is 0 Å². The highest BCUT2D eigenvalue weighted by molar-refractivity contribution is 6.21. The van der Waals surface area contributed by atoms with E-state index in [0.29, 0.717) is 40.1 Å². The van der Waals surface area contributed by atoms with Gasteiger partial charge in [0.15, 0.2) is 0 Å². The molecule has 0 fully saturated rings. The predicted octanol–water partition coefficient (Wildman–Crippen LogP) is 3.68. The van der Waals surface area contributed by atoms with Crippen LogP contribution in [0.1, 0.15) is 57.4 Å². The van der Waals surface area contributed by atoms with E-state index in [4.69, 9.17) is 4.74 Å². The third kappa shape index (κ3) is 4.35. The molecular weight excluding hydrogens is 418 g/mol. The second-order valence-electron chi connectivity index (χ2n) is 7.96. The van der Waals surface area contributed by atoms with Crippen LogP contribution >= 0.6 is 0 Å². The topological polar surface area (TPSA) is 81.0 Å². The van der Waals surface area contributed by atoms with Crippen LogP contribution in [0.3, 0.4) is 0 Å². The Morgan fingerprint density at radius 1 is 0.970 bits per heavy atom. The molecule has 2 heterocycles. The van der Waals surface area contributed by atoms with Crippen molar-refractivity contribution in [1.82, 2.24) is 9.47 Å². The van der Waals surface area contributed by atoms with Gasteiger partial charge in [-0.25, -0.2) is 0 Å². The fourth-order valence-electron chi connectivity index (χ4n) is 3.79. The van der Waals surface area contributed by atoms with Crippen molar-refractivity contribution < 1.29 is 19.1 Å². The maximum absolute atomic E-state index is 13.5. The Kier molecular flexibility index (Phi) is 6.22. The molecule has 0 atom stereocenters. The molecule has 1 aliphatic rings. The number of hydrogen-bond donors (Lipinski definition) is 0. The molecule has 0 aliphatic carbocycles. The van der Waals surface area contributed by atoms with E-state index in [2.05, 4.69) is 4.99 Å². The fourth-order valence-corrected chi connectivity index (χ4v) is 3.79. The van der Waals surface area contributed by atoms with Crippen molar-refractivity contribution >= 4 is 17.7 Å². The molecule has 168 valence electrons. The molecule has 33 heavy (non-hydrogen) atoms. The minimum absolute atomic E-state index is 0.0120. The van der Waals surface area contributed by atoms with Crippen molar-refractivity contribution in [3.63, 3.8) is 0 Å². The minimum atomic E-state index is -0.340. The Balaban J connectivity index is 1.72. The number of carbonyl (C=O) groups excluding carboxylic acids is 3. The van der Waals surface area contributed by atoms with E-state index in [1.165, 1.54) is 9.47 Å². The van der Waals surface area contributed by atoms with Crippen LogP contribution in [0.25, 0.3) is 0 Å². The molecule has 0 N–H and O–H groups in total. The zero-order valence-corrected chi connectivity index (χ0v) is 18.8. The van der Waals surface area contributed by atoms with Crippen molar-refractivity contribution in [3.05, 3.63) is 94.6 Å². The van der Waals surface area contributed by atoms with Crippen LogP contribution in [0, 0.1) is 0 Å². The first kappa shape index (κ1) is 22.2. The lowest BCUT2D eigenvalue weighted by Gasteiger charge is -2.17. The standard InChI is InChI=1S/C26H25N3O4/c1-4-33-22-13-12-18(16-29-24(30)19-9-5-6-10-20(19)25(29)31)15-21(22)26(32)28-14-8-7-11-23(28)27-17(2)3/h5-15,17H,4,16H2,1-3H3. The van der Waals surface area contributed by atoms with E-state index < -0.39 is 0 Å². The van der Waals surface area contributed by atoms with Gasteiger partial charge in [0.25, 0.3) is 17.7 Å². The van der Waals surface area contributed by atoms with Gasteiger partial charge in [0.1, 0.15) is 11.2 Å². The van der Waals surface area contributed by atoms with Crippen molar-refractivity contribution in [2.75, 3.05) is 6.61 Å². The van der Waals surface area contributed by atoms with Gasteiger partial charge in [-0.2, -0.15) is 0 Å². The average molecular weight is 444 g/mol. The zero-order chi connectivity index (χ0) is 23.5. The number of hydrogen-bond acceptors (Lipinski definition) is 5. The third-order valence-corrected chi connectivity index (χ3v) is 5.24. The maximum Gasteiger partial charge on any atom is 0.267 e. The molecule has 3 aromatic rings. The van der Waals surface area contributed by atoms with Gasteiger partial charge in [-0.1, -0.05) is 24.3 Å². The van der Waals surface area contributed by atoms with Crippen LogP contribution in [-0.4, -0.2) is 39.8 Å². The van der Waals surface area contributed by atoms with E-state index in [9.17, 15) is 14.4 Å². The van der Waals surface area contributed by atoms with Gasteiger partial charge < -0.3 is 4.74 Å². The number of pyridine rings is 1. The lowest BCUT2D eigenvalue weighted by atomic mass is 10.1. The monoisotopic (exact) mass is 443 g/mol. The second-order valence-corrected chi connectivity index (χ2v) is 7.96. The highest BCUT2D eigenvalue weighted by Gasteiger charge is 2.35. The Hall–Kier alpha value is -4.00. The minimum Gasteiger partial charge on any atom is -0.493 e. The number of fused-ring (bicyclic) bond motifs is 1. The second kappa shape index (κ2) is 9.24. The normalized spacial score (nSPS) is 13.6. The predicted molar refractivity (Wildman–Crippen MR) is 123 cm³/mol. The number of amides is 2. The summed E-state index contributed by atoms with van der Waals surface area (Å²) in [4.78, 5) is 44.8. The Labute approximate surface area is 192 Å². The lowest BCUT2D eigenvalue weighted by Crippen LogP contribution is -2.30. The number of rotatable bonds is 6. The summed E-state index contributed by atoms with van der Waals surface area (Å²) in [7, 11) is 0. The van der Waals surface area contributed by atoms with Gasteiger partial charge in [0.2, 0.25) is 0 Å². The molecule has 0 unspecified atom stereocenters. The maximum atomic E-state index is 13.5. The first-order valence-corrected chi connectivity index (χ1v) is 10.9. The number of imide groups is 1. The molecule has 0 spiro atoms. The summed E-state index contributed by atoms with van der Waals surface area (Å²) >= 11 is 0. The Bertz CT molecular complexity index is 1270. The summed E-state index contributed by atoms with van der Waals surface area (Å²) in [6.07, 6.45) is 1.66. The molecule has 1 aliphatic heterocycles. The summed E-state index contributed by atoms with van der Waals surface area (Å²) in [5, 5.41) is 0. The van der Waals surface area contributed by atoms with Crippen LogP contribution < -0.4 is 10.2 Å². The lowest BCUT2D eigenvalue weighted by molar-refractivity contribution is 0.0642. The highest BCUT2D eigenvalue weighted by Crippen LogP contribution is 2.27. The Morgan fingerprint density at radius 2 is 1.64 bits per heavy atom. The number of carbonyl (C=O) groups is 3. The Morgan fingerprint density at radius 3 is 2.27 bits per heavy atom. The van der Waals surface area contributed by atoms with Crippen molar-refractivity contribution in [2.24, 2.45) is 4.99 Å². The summed E-state index contributed by atoms with van der Waals surface area (Å²) in [6.45, 7) is 6.17. The summed E-state index contributed by atoms with van der Waals surface area (Å²) in [6, 6.07) is 17.3. The van der Waals surface area contributed by atoms with E-state index >= 15 is 0 Å². The molecule has 4 rings (SSSR count). The molecular formula is C26H25N3O4. The van der Waals surface area contributed by atoms with Gasteiger partial charge in [0, 0.05) is 12.2 Å². The van der Waals surface area contributed by atoms with Gasteiger partial charge in [-0.3, -0.25) is 28.8 Å². The number of nitrogens with zero attached hydrogens (tertiary/aromatic N) is 3. The van der Waals surface area contributed by atoms with Crippen LogP contribution in [0.15, 0.2) is 71.9 Å². The van der Waals surface area contributed by atoms with Crippen molar-refractivity contribution in [1.29, 1.82) is 0 Å². The summed E-state index contributed by atoms with van der Waals surface area (Å²) in [5.74, 6) is -0.552. The summed E-state index contributed by atoms with van der Waals surface area (Å²) in [5.41, 5.74) is 2.30. The van der Waals surface area contributed by atoms with Gasteiger partial charge in [-0.05, 0) is 62.7 Å². The van der Waals surface area contributed by atoms with Crippen LogP contribution in [0.5, 0.6) is 5.75 Å². The largest absolute Gasteiger partial charge is 0.493 e. The molecule has 2 aromatic carbocycles. The first-order valence-electron chi connectivity index (χ1n) is 10.9. The average Bonchev–Trinajstić information content (AvgIpc) is 3.05. The first-order chi connectivity index (χ1) is 15.9. The highest BCUT2D eigenvalue weighted by atomic mass is 16.5. The zero-order valence-electron chi connectivity index (χ0n) is 18.8. The van der Waals surface area contributed by atoms with Crippen molar-refractivity contribution in [2.45, 2.75) is 33.4 Å². The molecule has 0 saturated carbocycles. The van der Waals surface area contributed by atoms with Crippen molar-refractivity contribution in [3.8, 4) is 5.75 Å². The molecule has 7 nitrogen and oxygen atoms in total. The van der Waals surface area contributed by atoms with E-state index in [1.807, 2.05) is 26.8 Å². The SMILES string of the molecule is CCOc1ccc(CN2C(=O)c3ccccc3C2=O)cc1C(=O)n1ccccc1=NC(C)C. The van der Waals surface area contributed by atoms with Gasteiger partial charge in [-0.15, -0.1) is 0 Å². The quantitative estimate of drug-likeness (QED) is 0.545.